The van der Waals surface area contributed by atoms with E-state index in [1.165, 1.54) is 36.0 Å². The van der Waals surface area contributed by atoms with E-state index in [2.05, 4.69) is 60.7 Å². The fourth-order valence-corrected chi connectivity index (χ4v) is 5.12. The topological polar surface area (TPSA) is 21.5 Å². The lowest BCUT2D eigenvalue weighted by atomic mass is 9.85. The number of ketones is 1. The SMILES string of the molecule is O=C(CC[NH+]1CCC(=C(c2ccccc2)c2ccccc2)CC1)C1CCCCC1.[Cl-]. The van der Waals surface area contributed by atoms with Crippen molar-refractivity contribution in [2.24, 2.45) is 5.92 Å². The molecule has 30 heavy (non-hydrogen) atoms. The van der Waals surface area contributed by atoms with Gasteiger partial charge in [-0.2, -0.15) is 0 Å². The van der Waals surface area contributed by atoms with Crippen LogP contribution in [0.1, 0.15) is 62.5 Å². The van der Waals surface area contributed by atoms with E-state index in [-0.39, 0.29) is 12.4 Å². The molecule has 2 nitrogen and oxygen atoms in total. The smallest absolute Gasteiger partial charge is 0.141 e. The molecule has 0 aromatic heterocycles. The molecule has 0 unspecified atom stereocenters. The zero-order valence-corrected chi connectivity index (χ0v) is 18.7. The molecule has 0 atom stereocenters. The number of hydrogen-bond donors (Lipinski definition) is 1. The van der Waals surface area contributed by atoms with Gasteiger partial charge >= 0.3 is 0 Å². The zero-order valence-electron chi connectivity index (χ0n) is 17.9. The Hall–Kier alpha value is -1.90. The highest BCUT2D eigenvalue weighted by Gasteiger charge is 2.25. The molecule has 1 saturated heterocycles. The second-order valence-corrected chi connectivity index (χ2v) is 8.76. The lowest BCUT2D eigenvalue weighted by Gasteiger charge is -2.28. The Labute approximate surface area is 187 Å². The third-order valence-electron chi connectivity index (χ3n) is 6.82. The van der Waals surface area contributed by atoms with Gasteiger partial charge in [0.25, 0.3) is 0 Å². The fourth-order valence-electron chi connectivity index (χ4n) is 5.12. The van der Waals surface area contributed by atoms with Gasteiger partial charge in [0.1, 0.15) is 5.78 Å². The number of Topliss-reactive ketones (excluding diaryl/α,β-unsaturated/α-hetero) is 1. The van der Waals surface area contributed by atoms with Crippen molar-refractivity contribution in [3.63, 3.8) is 0 Å². The summed E-state index contributed by atoms with van der Waals surface area (Å²) in [4.78, 5) is 14.2. The molecule has 2 fully saturated rings. The molecular formula is C27H34ClNO. The van der Waals surface area contributed by atoms with Crippen LogP contribution in [0.4, 0.5) is 0 Å². The molecule has 3 heteroatoms. The lowest BCUT2D eigenvalue weighted by Crippen LogP contribution is -3.13. The highest BCUT2D eigenvalue weighted by atomic mass is 35.5. The number of halogens is 1. The van der Waals surface area contributed by atoms with Crippen LogP contribution in [0.25, 0.3) is 5.57 Å². The molecule has 0 spiro atoms. The Kier molecular flexibility index (Phi) is 8.72. The van der Waals surface area contributed by atoms with Crippen molar-refractivity contribution < 1.29 is 22.1 Å². The van der Waals surface area contributed by atoms with Gasteiger partial charge in [-0.05, 0) is 29.5 Å². The number of benzene rings is 2. The molecule has 0 bridgehead atoms. The van der Waals surface area contributed by atoms with Gasteiger partial charge in [0.05, 0.1) is 26.1 Å². The first kappa shape index (κ1) is 22.8. The molecule has 1 aliphatic heterocycles. The molecule has 1 saturated carbocycles. The van der Waals surface area contributed by atoms with Crippen LogP contribution >= 0.6 is 0 Å². The number of hydrogen-bond acceptors (Lipinski definition) is 1. The second-order valence-electron chi connectivity index (χ2n) is 8.76. The summed E-state index contributed by atoms with van der Waals surface area (Å²) in [6.45, 7) is 3.32. The summed E-state index contributed by atoms with van der Waals surface area (Å²) in [6, 6.07) is 21.7. The maximum absolute atomic E-state index is 12.6. The van der Waals surface area contributed by atoms with Crippen LogP contribution in [0.3, 0.4) is 0 Å². The second kappa shape index (κ2) is 11.5. The third-order valence-corrected chi connectivity index (χ3v) is 6.82. The normalized spacial score (nSPS) is 19.7. The maximum atomic E-state index is 12.6. The number of quaternary nitrogens is 1. The van der Waals surface area contributed by atoms with Gasteiger partial charge in [-0.15, -0.1) is 0 Å². The summed E-state index contributed by atoms with van der Waals surface area (Å²) in [7, 11) is 0. The molecule has 2 aromatic rings. The summed E-state index contributed by atoms with van der Waals surface area (Å²) in [5.41, 5.74) is 5.64. The summed E-state index contributed by atoms with van der Waals surface area (Å²) < 4.78 is 0. The van der Waals surface area contributed by atoms with Gasteiger partial charge in [-0.25, -0.2) is 0 Å². The Morgan fingerprint density at radius 2 is 1.33 bits per heavy atom. The minimum absolute atomic E-state index is 0. The average molecular weight is 424 g/mol. The number of piperidine rings is 1. The van der Waals surface area contributed by atoms with Crippen LogP contribution in [0.5, 0.6) is 0 Å². The Morgan fingerprint density at radius 1 is 0.800 bits per heavy atom. The Balaban J connectivity index is 0.00000256. The number of rotatable bonds is 6. The molecule has 160 valence electrons. The molecule has 2 aromatic carbocycles. The lowest BCUT2D eigenvalue weighted by molar-refractivity contribution is -0.902. The van der Waals surface area contributed by atoms with Crippen molar-refractivity contribution >= 4 is 11.4 Å². The van der Waals surface area contributed by atoms with Crippen molar-refractivity contribution in [3.8, 4) is 0 Å². The van der Waals surface area contributed by atoms with Crippen molar-refractivity contribution in [3.05, 3.63) is 77.4 Å². The minimum atomic E-state index is 0. The molecule has 0 radical (unpaired) electrons. The van der Waals surface area contributed by atoms with Gasteiger partial charge in [0.15, 0.2) is 0 Å². The predicted molar refractivity (Wildman–Crippen MR) is 120 cm³/mol. The highest BCUT2D eigenvalue weighted by molar-refractivity contribution is 5.82. The molecule has 0 amide bonds. The fraction of sp³-hybridized carbons (Fsp3) is 0.444. The van der Waals surface area contributed by atoms with Crippen molar-refractivity contribution in [2.75, 3.05) is 19.6 Å². The number of carbonyl (C=O) groups excluding carboxylic acids is 1. The average Bonchev–Trinajstić information content (AvgIpc) is 2.80. The van der Waals surface area contributed by atoms with Crippen LogP contribution < -0.4 is 17.3 Å². The molecule has 1 heterocycles. The first-order valence-corrected chi connectivity index (χ1v) is 11.5. The number of carbonyl (C=O) groups is 1. The van der Waals surface area contributed by atoms with E-state index >= 15 is 0 Å². The van der Waals surface area contributed by atoms with Crippen LogP contribution in [0.15, 0.2) is 66.2 Å². The Bertz CT molecular complexity index is 773. The van der Waals surface area contributed by atoms with Gasteiger partial charge in [-0.1, -0.05) is 85.5 Å². The first-order chi connectivity index (χ1) is 14.3. The standard InChI is InChI=1S/C27H33NO.ClH/c29-26(22-10-4-1-5-11-22)18-21-28-19-16-25(17-20-28)27(23-12-6-2-7-13-23)24-14-8-3-9-15-24;/h2-3,6-9,12-15,22H,1,4-5,10-11,16-21H2;1H. The number of nitrogens with one attached hydrogen (secondary N) is 1. The van der Waals surface area contributed by atoms with Crippen molar-refractivity contribution in [1.82, 2.24) is 0 Å². The summed E-state index contributed by atoms with van der Waals surface area (Å²) in [6.07, 6.45) is 9.14. The van der Waals surface area contributed by atoms with Crippen LogP contribution in [-0.2, 0) is 4.79 Å². The van der Waals surface area contributed by atoms with E-state index in [0.29, 0.717) is 11.7 Å². The van der Waals surface area contributed by atoms with E-state index in [4.69, 9.17) is 0 Å². The van der Waals surface area contributed by atoms with Crippen LogP contribution in [0.2, 0.25) is 0 Å². The van der Waals surface area contributed by atoms with Gasteiger partial charge in [0, 0.05) is 18.8 Å². The van der Waals surface area contributed by atoms with Gasteiger partial charge in [-0.3, -0.25) is 4.79 Å². The first-order valence-electron chi connectivity index (χ1n) is 11.5. The van der Waals surface area contributed by atoms with E-state index in [9.17, 15) is 4.79 Å². The predicted octanol–water partition coefficient (Wildman–Crippen LogP) is 1.71. The van der Waals surface area contributed by atoms with E-state index in [1.807, 2.05) is 0 Å². The van der Waals surface area contributed by atoms with E-state index < -0.39 is 0 Å². The van der Waals surface area contributed by atoms with Crippen molar-refractivity contribution in [1.29, 1.82) is 0 Å². The maximum Gasteiger partial charge on any atom is 0.141 e. The third kappa shape index (κ3) is 5.83. The minimum Gasteiger partial charge on any atom is -1.00 e. The monoisotopic (exact) mass is 423 g/mol. The van der Waals surface area contributed by atoms with E-state index in [0.717, 1.165) is 51.7 Å². The van der Waals surface area contributed by atoms with E-state index in [1.54, 1.807) is 10.5 Å². The molecular weight excluding hydrogens is 390 g/mol. The summed E-state index contributed by atoms with van der Waals surface area (Å²) in [5, 5.41) is 0. The molecule has 1 N–H and O–H groups in total. The zero-order chi connectivity index (χ0) is 19.9. The van der Waals surface area contributed by atoms with Gasteiger partial charge < -0.3 is 17.3 Å². The quantitative estimate of drug-likeness (QED) is 0.750. The van der Waals surface area contributed by atoms with Gasteiger partial charge in [0.2, 0.25) is 0 Å². The largest absolute Gasteiger partial charge is 1.00 e. The summed E-state index contributed by atoms with van der Waals surface area (Å²) in [5.74, 6) is 0.902. The summed E-state index contributed by atoms with van der Waals surface area (Å²) >= 11 is 0. The van der Waals surface area contributed by atoms with Crippen LogP contribution in [0, 0.1) is 5.92 Å². The van der Waals surface area contributed by atoms with Crippen LogP contribution in [-0.4, -0.2) is 25.4 Å². The molecule has 1 aliphatic carbocycles. The number of likely N-dealkylation sites (tertiary alicyclic amines) is 1. The highest BCUT2D eigenvalue weighted by Crippen LogP contribution is 2.30. The Morgan fingerprint density at radius 3 is 1.87 bits per heavy atom. The van der Waals surface area contributed by atoms with Crippen molar-refractivity contribution in [2.45, 2.75) is 51.4 Å². The molecule has 2 aliphatic rings. The molecule has 4 rings (SSSR count).